The Labute approximate surface area is 113 Å². The number of rotatable bonds is 4. The average Bonchev–Trinajstić information content (AvgIpc) is 2.46. The van der Waals surface area contributed by atoms with Gasteiger partial charge in [-0.1, -0.05) is 0 Å². The van der Waals surface area contributed by atoms with Gasteiger partial charge in [0.05, 0.1) is 13.4 Å². The molecule has 0 radical (unpaired) electrons. The number of anilines is 1. The van der Waals surface area contributed by atoms with Gasteiger partial charge in [0, 0.05) is 18.6 Å². The summed E-state index contributed by atoms with van der Waals surface area (Å²) in [5.41, 5.74) is -0.228. The summed E-state index contributed by atoms with van der Waals surface area (Å²) in [5, 5.41) is 3.29. The van der Waals surface area contributed by atoms with Crippen LogP contribution in [0, 0.1) is 0 Å². The Morgan fingerprint density at radius 1 is 1.58 bits per heavy atom. The van der Waals surface area contributed by atoms with Crippen LogP contribution in [0.3, 0.4) is 0 Å². The first-order chi connectivity index (χ1) is 9.19. The standard InChI is InChI=1S/C13H22N4O2/c1-9(14-2)10-6-4-5-7-17(10)12-11(19-3)13(18)16-8-15-12/h8-10,14H,4-7H2,1-3H3,(H,15,16,18). The van der Waals surface area contributed by atoms with Crippen LogP contribution in [0.1, 0.15) is 26.2 Å². The summed E-state index contributed by atoms with van der Waals surface area (Å²) < 4.78 is 5.22. The zero-order valence-corrected chi connectivity index (χ0v) is 11.8. The van der Waals surface area contributed by atoms with Gasteiger partial charge >= 0.3 is 0 Å². The minimum Gasteiger partial charge on any atom is -0.489 e. The Bertz CT molecular complexity index is 474. The Kier molecular flexibility index (Phi) is 4.42. The summed E-state index contributed by atoms with van der Waals surface area (Å²) in [6, 6.07) is 0.674. The van der Waals surface area contributed by atoms with Crippen molar-refractivity contribution in [3.05, 3.63) is 16.7 Å². The molecule has 2 unspecified atom stereocenters. The average molecular weight is 266 g/mol. The first-order valence-electron chi connectivity index (χ1n) is 6.74. The molecular weight excluding hydrogens is 244 g/mol. The quantitative estimate of drug-likeness (QED) is 0.841. The lowest BCUT2D eigenvalue weighted by Crippen LogP contribution is -2.51. The number of piperidine rings is 1. The van der Waals surface area contributed by atoms with E-state index >= 15 is 0 Å². The number of aromatic amines is 1. The summed E-state index contributed by atoms with van der Waals surface area (Å²) >= 11 is 0. The van der Waals surface area contributed by atoms with Crippen LogP contribution in [0.15, 0.2) is 11.1 Å². The van der Waals surface area contributed by atoms with Gasteiger partial charge in [0.2, 0.25) is 5.75 Å². The number of hydrogen-bond acceptors (Lipinski definition) is 5. The highest BCUT2D eigenvalue weighted by Crippen LogP contribution is 2.29. The first kappa shape index (κ1) is 13.9. The molecule has 1 aromatic rings. The molecule has 0 bridgehead atoms. The van der Waals surface area contributed by atoms with Crippen molar-refractivity contribution in [2.24, 2.45) is 0 Å². The van der Waals surface area contributed by atoms with E-state index in [0.29, 0.717) is 23.7 Å². The van der Waals surface area contributed by atoms with E-state index in [1.54, 1.807) is 0 Å². The van der Waals surface area contributed by atoms with Crippen LogP contribution in [0.4, 0.5) is 5.82 Å². The van der Waals surface area contributed by atoms with E-state index in [9.17, 15) is 4.79 Å². The van der Waals surface area contributed by atoms with E-state index in [0.717, 1.165) is 19.4 Å². The lowest BCUT2D eigenvalue weighted by Gasteiger charge is -2.40. The van der Waals surface area contributed by atoms with Crippen LogP contribution < -0.4 is 20.5 Å². The van der Waals surface area contributed by atoms with Gasteiger partial charge in [-0.25, -0.2) is 4.98 Å². The largest absolute Gasteiger partial charge is 0.489 e. The lowest BCUT2D eigenvalue weighted by molar-refractivity contribution is 0.365. The molecule has 1 fully saturated rings. The summed E-state index contributed by atoms with van der Waals surface area (Å²) in [7, 11) is 3.47. The number of nitrogens with zero attached hydrogens (tertiary/aromatic N) is 2. The van der Waals surface area contributed by atoms with Crippen LogP contribution in [0.5, 0.6) is 5.75 Å². The van der Waals surface area contributed by atoms with Gasteiger partial charge < -0.3 is 19.9 Å². The number of ether oxygens (including phenoxy) is 1. The number of methoxy groups -OCH3 is 1. The van der Waals surface area contributed by atoms with E-state index in [1.165, 1.54) is 19.9 Å². The fourth-order valence-electron chi connectivity index (χ4n) is 2.70. The van der Waals surface area contributed by atoms with Crippen molar-refractivity contribution in [2.75, 3.05) is 25.6 Å². The van der Waals surface area contributed by atoms with Gasteiger partial charge in [0.25, 0.3) is 5.56 Å². The number of aromatic nitrogens is 2. The molecule has 2 heterocycles. The molecule has 19 heavy (non-hydrogen) atoms. The van der Waals surface area contributed by atoms with Crippen LogP contribution in [-0.4, -0.2) is 42.8 Å². The van der Waals surface area contributed by atoms with Gasteiger partial charge in [-0.05, 0) is 33.2 Å². The maximum Gasteiger partial charge on any atom is 0.295 e. The second kappa shape index (κ2) is 6.06. The van der Waals surface area contributed by atoms with E-state index in [1.807, 2.05) is 7.05 Å². The number of nitrogens with one attached hydrogen (secondary N) is 2. The topological polar surface area (TPSA) is 70.2 Å². The van der Waals surface area contributed by atoms with Crippen LogP contribution >= 0.6 is 0 Å². The molecule has 2 atom stereocenters. The minimum atomic E-state index is -0.228. The van der Waals surface area contributed by atoms with Crippen LogP contribution in [0.25, 0.3) is 0 Å². The maximum atomic E-state index is 11.8. The van der Waals surface area contributed by atoms with Gasteiger partial charge in [0.1, 0.15) is 0 Å². The van der Waals surface area contributed by atoms with Crippen LogP contribution in [-0.2, 0) is 0 Å². The predicted molar refractivity (Wildman–Crippen MR) is 74.9 cm³/mol. The molecule has 6 nitrogen and oxygen atoms in total. The molecule has 0 amide bonds. The molecule has 0 aliphatic carbocycles. The number of H-pyrrole nitrogens is 1. The molecule has 0 saturated carbocycles. The Morgan fingerprint density at radius 2 is 2.37 bits per heavy atom. The lowest BCUT2D eigenvalue weighted by atomic mass is 9.96. The van der Waals surface area contributed by atoms with Crippen LogP contribution in [0.2, 0.25) is 0 Å². The zero-order chi connectivity index (χ0) is 13.8. The third-order valence-electron chi connectivity index (χ3n) is 3.85. The number of hydrogen-bond donors (Lipinski definition) is 2. The fraction of sp³-hybridized carbons (Fsp3) is 0.692. The molecular formula is C13H22N4O2. The predicted octanol–water partition coefficient (Wildman–Crippen LogP) is 0.745. The first-order valence-corrected chi connectivity index (χ1v) is 6.74. The molecule has 1 aromatic heterocycles. The molecule has 2 rings (SSSR count). The van der Waals surface area contributed by atoms with E-state index < -0.39 is 0 Å². The Morgan fingerprint density at radius 3 is 3.05 bits per heavy atom. The smallest absolute Gasteiger partial charge is 0.295 e. The third-order valence-corrected chi connectivity index (χ3v) is 3.85. The van der Waals surface area contributed by atoms with Crippen molar-refractivity contribution >= 4 is 5.82 Å². The molecule has 1 aliphatic heterocycles. The molecule has 2 N–H and O–H groups in total. The SMILES string of the molecule is CNC(C)C1CCCCN1c1nc[nH]c(=O)c1OC. The van der Waals surface area contributed by atoms with Crippen molar-refractivity contribution in [1.29, 1.82) is 0 Å². The Hall–Kier alpha value is -1.56. The molecule has 1 aliphatic rings. The second-order valence-electron chi connectivity index (χ2n) is 4.92. The molecule has 6 heteroatoms. The van der Waals surface area contributed by atoms with E-state index in [4.69, 9.17) is 4.74 Å². The highest BCUT2D eigenvalue weighted by molar-refractivity contribution is 5.52. The summed E-state index contributed by atoms with van der Waals surface area (Å²) in [6.45, 7) is 3.06. The van der Waals surface area contributed by atoms with Crippen molar-refractivity contribution in [2.45, 2.75) is 38.3 Å². The third kappa shape index (κ3) is 2.73. The van der Waals surface area contributed by atoms with Gasteiger partial charge in [-0.2, -0.15) is 0 Å². The van der Waals surface area contributed by atoms with E-state index in [-0.39, 0.29) is 5.56 Å². The molecule has 0 aromatic carbocycles. The maximum absolute atomic E-state index is 11.8. The summed E-state index contributed by atoms with van der Waals surface area (Å²) in [5.74, 6) is 0.954. The highest BCUT2D eigenvalue weighted by atomic mass is 16.5. The molecule has 1 saturated heterocycles. The molecule has 0 spiro atoms. The monoisotopic (exact) mass is 266 g/mol. The minimum absolute atomic E-state index is 0.228. The fourth-order valence-corrected chi connectivity index (χ4v) is 2.70. The van der Waals surface area contributed by atoms with Crippen molar-refractivity contribution in [3.8, 4) is 5.75 Å². The zero-order valence-electron chi connectivity index (χ0n) is 11.8. The number of likely N-dealkylation sites (N-methyl/N-ethyl adjacent to an activating group) is 1. The van der Waals surface area contributed by atoms with Gasteiger partial charge in [0.15, 0.2) is 5.82 Å². The van der Waals surface area contributed by atoms with Crippen molar-refractivity contribution < 1.29 is 4.74 Å². The second-order valence-corrected chi connectivity index (χ2v) is 4.92. The van der Waals surface area contributed by atoms with Crippen molar-refractivity contribution in [3.63, 3.8) is 0 Å². The summed E-state index contributed by atoms with van der Waals surface area (Å²) in [6.07, 6.45) is 4.86. The highest BCUT2D eigenvalue weighted by Gasteiger charge is 2.30. The molecule has 106 valence electrons. The van der Waals surface area contributed by atoms with E-state index in [2.05, 4.69) is 27.1 Å². The normalized spacial score (nSPS) is 21.2. The van der Waals surface area contributed by atoms with Crippen molar-refractivity contribution in [1.82, 2.24) is 15.3 Å². The van der Waals surface area contributed by atoms with Gasteiger partial charge in [-0.3, -0.25) is 4.79 Å². The van der Waals surface area contributed by atoms with Gasteiger partial charge in [-0.15, -0.1) is 0 Å². The summed E-state index contributed by atoms with van der Waals surface area (Å²) in [4.78, 5) is 20.9. The Balaban J connectivity index is 2.37.